The van der Waals surface area contributed by atoms with Crippen LogP contribution in [0.3, 0.4) is 0 Å². The van der Waals surface area contributed by atoms with Gasteiger partial charge in [-0.1, -0.05) is 17.7 Å². The van der Waals surface area contributed by atoms with Crippen LogP contribution in [0, 0.1) is 10.1 Å². The van der Waals surface area contributed by atoms with Crippen LogP contribution >= 0.6 is 0 Å². The maximum Gasteiger partial charge on any atom is 0.311 e. The minimum atomic E-state index is -0.425. The van der Waals surface area contributed by atoms with Crippen molar-refractivity contribution in [1.29, 1.82) is 0 Å². The number of nitro benzene ring substituents is 1. The van der Waals surface area contributed by atoms with Gasteiger partial charge in [-0.25, -0.2) is 0 Å². The summed E-state index contributed by atoms with van der Waals surface area (Å²) in [6, 6.07) is 5.02. The van der Waals surface area contributed by atoms with E-state index in [0.717, 1.165) is 18.4 Å². The Morgan fingerprint density at radius 2 is 2.20 bits per heavy atom. The van der Waals surface area contributed by atoms with Crippen LogP contribution in [-0.4, -0.2) is 18.1 Å². The number of nitro groups is 1. The lowest BCUT2D eigenvalue weighted by atomic mass is 10.0. The van der Waals surface area contributed by atoms with Gasteiger partial charge in [-0.3, -0.25) is 10.1 Å². The highest BCUT2D eigenvalue weighted by molar-refractivity contribution is 5.49. The van der Waals surface area contributed by atoms with E-state index in [1.165, 1.54) is 12.7 Å². The van der Waals surface area contributed by atoms with Crippen molar-refractivity contribution in [3.05, 3.63) is 45.5 Å². The van der Waals surface area contributed by atoms with E-state index >= 15 is 0 Å². The Balaban J connectivity index is 2.34. The van der Waals surface area contributed by atoms with Crippen molar-refractivity contribution in [2.45, 2.75) is 38.9 Å². The molecule has 108 valence electrons. The van der Waals surface area contributed by atoms with E-state index in [0.29, 0.717) is 0 Å². The number of hydrogen-bond donors (Lipinski definition) is 0. The van der Waals surface area contributed by atoms with Gasteiger partial charge in [0.2, 0.25) is 0 Å². The van der Waals surface area contributed by atoms with E-state index in [9.17, 15) is 10.1 Å². The second kappa shape index (κ2) is 6.05. The first-order valence-electron chi connectivity index (χ1n) is 6.64. The molecule has 20 heavy (non-hydrogen) atoms. The predicted octanol–water partition coefficient (Wildman–Crippen LogP) is 3.79. The molecule has 2 rings (SSSR count). The number of rotatable bonds is 3. The van der Waals surface area contributed by atoms with Crippen molar-refractivity contribution in [2.24, 2.45) is 0 Å². The van der Waals surface area contributed by atoms with Crippen LogP contribution in [0.15, 0.2) is 29.8 Å². The summed E-state index contributed by atoms with van der Waals surface area (Å²) in [5, 5.41) is 11.1. The summed E-state index contributed by atoms with van der Waals surface area (Å²) >= 11 is 0. The van der Waals surface area contributed by atoms with Crippen LogP contribution in [0.4, 0.5) is 5.69 Å². The van der Waals surface area contributed by atoms with E-state index in [2.05, 4.69) is 13.0 Å². The van der Waals surface area contributed by atoms with E-state index in [1.807, 2.05) is 13.0 Å². The Hall–Kier alpha value is -1.88. The van der Waals surface area contributed by atoms with Crippen LogP contribution < -0.4 is 4.74 Å². The van der Waals surface area contributed by atoms with Crippen LogP contribution in [0.2, 0.25) is 0 Å². The Labute approximate surface area is 118 Å². The fourth-order valence-electron chi connectivity index (χ4n) is 2.37. The largest absolute Gasteiger partial charge is 0.490 e. The third kappa shape index (κ3) is 3.17. The Bertz CT molecular complexity index is 539. The standard InChI is InChI=1S/C15H19NO4/c1-10-4-5-11(2)20-15(8-10)12-6-7-14(19-3)13(9-12)16(17)18/h4,6-7,9,11,15H,5,8H2,1-3H3/t11-,15-/m0/s1. The zero-order valence-corrected chi connectivity index (χ0v) is 12.0. The van der Waals surface area contributed by atoms with Crippen molar-refractivity contribution >= 4 is 5.69 Å². The van der Waals surface area contributed by atoms with Gasteiger partial charge >= 0.3 is 5.69 Å². The van der Waals surface area contributed by atoms with Crippen molar-refractivity contribution < 1.29 is 14.4 Å². The zero-order chi connectivity index (χ0) is 14.7. The van der Waals surface area contributed by atoms with Gasteiger partial charge in [-0.05, 0) is 38.3 Å². The van der Waals surface area contributed by atoms with Gasteiger partial charge in [0.05, 0.1) is 24.2 Å². The highest BCUT2D eigenvalue weighted by Crippen LogP contribution is 2.35. The van der Waals surface area contributed by atoms with E-state index in [-0.39, 0.29) is 23.6 Å². The molecule has 0 aliphatic carbocycles. The minimum Gasteiger partial charge on any atom is -0.490 e. The second-order valence-corrected chi connectivity index (χ2v) is 5.11. The molecule has 0 bridgehead atoms. The first kappa shape index (κ1) is 14.5. The summed E-state index contributed by atoms with van der Waals surface area (Å²) in [5.74, 6) is 0.271. The molecule has 5 heteroatoms. The summed E-state index contributed by atoms with van der Waals surface area (Å²) in [6.45, 7) is 4.08. The molecule has 0 N–H and O–H groups in total. The van der Waals surface area contributed by atoms with Gasteiger partial charge in [0, 0.05) is 6.07 Å². The fraction of sp³-hybridized carbons (Fsp3) is 0.467. The van der Waals surface area contributed by atoms with E-state index in [1.54, 1.807) is 12.1 Å². The molecule has 1 heterocycles. The number of nitrogens with zero attached hydrogens (tertiary/aromatic N) is 1. The highest BCUT2D eigenvalue weighted by atomic mass is 16.6. The van der Waals surface area contributed by atoms with Crippen LogP contribution in [0.5, 0.6) is 5.75 Å². The molecule has 0 aromatic heterocycles. The molecule has 0 radical (unpaired) electrons. The molecule has 0 fully saturated rings. The maximum absolute atomic E-state index is 11.1. The average Bonchev–Trinajstić information content (AvgIpc) is 2.59. The zero-order valence-electron chi connectivity index (χ0n) is 12.0. The van der Waals surface area contributed by atoms with Crippen molar-refractivity contribution in [3.63, 3.8) is 0 Å². The van der Waals surface area contributed by atoms with Crippen molar-refractivity contribution in [3.8, 4) is 5.75 Å². The lowest BCUT2D eigenvalue weighted by Gasteiger charge is -2.20. The molecule has 1 aromatic carbocycles. The number of methoxy groups -OCH3 is 1. The third-order valence-corrected chi connectivity index (χ3v) is 3.47. The SMILES string of the molecule is COc1ccc([C@@H]2CC(C)=CC[C@H](C)O2)cc1[N+](=O)[O-]. The monoisotopic (exact) mass is 277 g/mol. The second-order valence-electron chi connectivity index (χ2n) is 5.11. The average molecular weight is 277 g/mol. The fourth-order valence-corrected chi connectivity index (χ4v) is 2.37. The molecular weight excluding hydrogens is 258 g/mol. The summed E-state index contributed by atoms with van der Waals surface area (Å²) in [6.07, 6.45) is 3.77. The topological polar surface area (TPSA) is 61.6 Å². The van der Waals surface area contributed by atoms with Crippen LogP contribution in [0.25, 0.3) is 0 Å². The van der Waals surface area contributed by atoms with E-state index < -0.39 is 4.92 Å². The van der Waals surface area contributed by atoms with Crippen molar-refractivity contribution in [1.82, 2.24) is 0 Å². The Kier molecular flexibility index (Phi) is 4.39. The molecule has 1 aliphatic rings. The Morgan fingerprint density at radius 1 is 1.45 bits per heavy atom. The smallest absolute Gasteiger partial charge is 0.311 e. The van der Waals surface area contributed by atoms with Gasteiger partial charge in [0.1, 0.15) is 0 Å². The predicted molar refractivity (Wildman–Crippen MR) is 75.9 cm³/mol. The molecule has 0 saturated carbocycles. The molecule has 1 aliphatic heterocycles. The quantitative estimate of drug-likeness (QED) is 0.479. The van der Waals surface area contributed by atoms with Gasteiger partial charge < -0.3 is 9.47 Å². The summed E-state index contributed by atoms with van der Waals surface area (Å²) in [4.78, 5) is 10.7. The van der Waals surface area contributed by atoms with Gasteiger partial charge in [0.25, 0.3) is 0 Å². The molecule has 0 saturated heterocycles. The van der Waals surface area contributed by atoms with E-state index in [4.69, 9.17) is 9.47 Å². The molecular formula is C15H19NO4. The summed E-state index contributed by atoms with van der Waals surface area (Å²) in [7, 11) is 1.43. The van der Waals surface area contributed by atoms with Gasteiger partial charge in [0.15, 0.2) is 5.75 Å². The highest BCUT2D eigenvalue weighted by Gasteiger charge is 2.23. The molecule has 0 unspecified atom stereocenters. The molecule has 1 aromatic rings. The lowest BCUT2D eigenvalue weighted by molar-refractivity contribution is -0.385. The van der Waals surface area contributed by atoms with Gasteiger partial charge in [-0.15, -0.1) is 0 Å². The number of ether oxygens (including phenoxy) is 2. The number of hydrogen-bond acceptors (Lipinski definition) is 4. The van der Waals surface area contributed by atoms with Crippen LogP contribution in [-0.2, 0) is 4.74 Å². The molecule has 5 nitrogen and oxygen atoms in total. The normalized spacial score (nSPS) is 22.9. The summed E-state index contributed by atoms with van der Waals surface area (Å²) < 4.78 is 11.0. The Morgan fingerprint density at radius 3 is 2.85 bits per heavy atom. The minimum absolute atomic E-state index is 0.0212. The molecule has 2 atom stereocenters. The van der Waals surface area contributed by atoms with Gasteiger partial charge in [-0.2, -0.15) is 0 Å². The third-order valence-electron chi connectivity index (χ3n) is 3.47. The first-order chi connectivity index (χ1) is 9.51. The lowest BCUT2D eigenvalue weighted by Crippen LogP contribution is -2.11. The number of benzene rings is 1. The maximum atomic E-state index is 11.1. The molecule has 0 spiro atoms. The van der Waals surface area contributed by atoms with Crippen molar-refractivity contribution in [2.75, 3.05) is 7.11 Å². The van der Waals surface area contributed by atoms with Crippen LogP contribution in [0.1, 0.15) is 38.4 Å². The first-order valence-corrected chi connectivity index (χ1v) is 6.64. The molecule has 0 amide bonds. The summed E-state index contributed by atoms with van der Waals surface area (Å²) in [5.41, 5.74) is 2.05.